The number of halogens is 1. The van der Waals surface area contributed by atoms with Crippen molar-refractivity contribution in [2.24, 2.45) is 0 Å². The third-order valence-corrected chi connectivity index (χ3v) is 4.75. The summed E-state index contributed by atoms with van der Waals surface area (Å²) in [6.07, 6.45) is 0. The molecule has 0 aliphatic rings. The Kier molecular flexibility index (Phi) is 8.06. The van der Waals surface area contributed by atoms with E-state index in [4.69, 9.17) is 0 Å². The van der Waals surface area contributed by atoms with Crippen LogP contribution in [0.5, 0.6) is 0 Å². The predicted molar refractivity (Wildman–Crippen MR) is 114 cm³/mol. The summed E-state index contributed by atoms with van der Waals surface area (Å²) in [5.41, 5.74) is 2.11. The summed E-state index contributed by atoms with van der Waals surface area (Å²) in [4.78, 5) is 39.0. The van der Waals surface area contributed by atoms with Crippen molar-refractivity contribution in [1.29, 1.82) is 0 Å². The second-order valence-corrected chi connectivity index (χ2v) is 7.41. The van der Waals surface area contributed by atoms with E-state index in [0.717, 1.165) is 5.56 Å². The van der Waals surface area contributed by atoms with Crippen LogP contribution >= 0.6 is 0 Å². The lowest BCUT2D eigenvalue weighted by Crippen LogP contribution is -3.15. The van der Waals surface area contributed by atoms with Crippen LogP contribution in [0.3, 0.4) is 0 Å². The summed E-state index contributed by atoms with van der Waals surface area (Å²) >= 11 is 0. The molecule has 0 saturated carbocycles. The van der Waals surface area contributed by atoms with Gasteiger partial charge in [0.05, 0.1) is 13.6 Å². The fraction of sp³-hybridized carbons (Fsp3) is 0.318. The number of quaternary nitrogens is 1. The van der Waals surface area contributed by atoms with Crippen LogP contribution in [-0.4, -0.2) is 55.8 Å². The first-order chi connectivity index (χ1) is 14.2. The van der Waals surface area contributed by atoms with Crippen molar-refractivity contribution < 1.29 is 23.7 Å². The summed E-state index contributed by atoms with van der Waals surface area (Å²) in [7, 11) is 3.27. The molecule has 30 heavy (non-hydrogen) atoms. The van der Waals surface area contributed by atoms with Crippen molar-refractivity contribution in [2.75, 3.05) is 37.8 Å². The molecular weight excluding hydrogens is 387 g/mol. The van der Waals surface area contributed by atoms with Gasteiger partial charge in [-0.15, -0.1) is 0 Å². The topological polar surface area (TPSA) is 83.0 Å². The number of aryl methyl sites for hydroxylation is 1. The lowest BCUT2D eigenvalue weighted by atomic mass is 10.2. The maximum absolute atomic E-state index is 13.2. The molecule has 0 aliphatic heterocycles. The van der Waals surface area contributed by atoms with E-state index >= 15 is 0 Å². The van der Waals surface area contributed by atoms with Gasteiger partial charge in [0.1, 0.15) is 5.82 Å². The molecule has 2 rings (SSSR count). The van der Waals surface area contributed by atoms with Crippen molar-refractivity contribution in [3.05, 3.63) is 59.9 Å². The predicted octanol–water partition coefficient (Wildman–Crippen LogP) is 1.07. The van der Waals surface area contributed by atoms with E-state index in [9.17, 15) is 18.8 Å². The van der Waals surface area contributed by atoms with Crippen molar-refractivity contribution in [3.8, 4) is 0 Å². The lowest BCUT2D eigenvalue weighted by molar-refractivity contribution is -0.886. The fourth-order valence-corrected chi connectivity index (χ4v) is 2.85. The average Bonchev–Trinajstić information content (AvgIpc) is 2.68. The molecule has 0 bridgehead atoms. The molecule has 2 aromatic carbocycles. The lowest BCUT2D eigenvalue weighted by Gasteiger charge is -2.25. The number of nitrogens with zero attached hydrogens (tertiary/aromatic N) is 1. The number of carbonyl (C=O) groups is 3. The van der Waals surface area contributed by atoms with Gasteiger partial charge < -0.3 is 20.4 Å². The van der Waals surface area contributed by atoms with E-state index in [0.29, 0.717) is 16.3 Å². The van der Waals surface area contributed by atoms with Crippen LogP contribution in [0.2, 0.25) is 0 Å². The molecule has 1 unspecified atom stereocenters. The van der Waals surface area contributed by atoms with Gasteiger partial charge in [-0.3, -0.25) is 14.4 Å². The number of benzene rings is 2. The Bertz CT molecular complexity index is 902. The Hall–Kier alpha value is -3.26. The van der Waals surface area contributed by atoms with Crippen molar-refractivity contribution in [1.82, 2.24) is 4.90 Å². The fourth-order valence-electron chi connectivity index (χ4n) is 2.85. The zero-order valence-electron chi connectivity index (χ0n) is 17.7. The third-order valence-electron chi connectivity index (χ3n) is 4.75. The summed E-state index contributed by atoms with van der Waals surface area (Å²) in [6.45, 7) is 3.57. The monoisotopic (exact) mass is 415 g/mol. The first-order valence-corrected chi connectivity index (χ1v) is 9.65. The molecule has 0 fully saturated rings. The summed E-state index contributed by atoms with van der Waals surface area (Å²) in [5, 5.41) is 5.36. The number of likely N-dealkylation sites (N-methyl/N-ethyl adjacent to an activating group) is 2. The average molecular weight is 415 g/mol. The zero-order chi connectivity index (χ0) is 22.3. The molecule has 2 atom stereocenters. The minimum Gasteiger partial charge on any atom is -0.331 e. The highest BCUT2D eigenvalue weighted by Gasteiger charge is 2.27. The highest BCUT2D eigenvalue weighted by molar-refractivity contribution is 5.95. The Morgan fingerprint density at radius 1 is 1.03 bits per heavy atom. The Morgan fingerprint density at radius 3 is 2.30 bits per heavy atom. The van der Waals surface area contributed by atoms with Crippen LogP contribution < -0.4 is 15.5 Å². The summed E-state index contributed by atoms with van der Waals surface area (Å²) in [5.74, 6) is -1.34. The van der Waals surface area contributed by atoms with Crippen molar-refractivity contribution >= 4 is 29.1 Å². The second-order valence-electron chi connectivity index (χ2n) is 7.41. The van der Waals surface area contributed by atoms with Crippen LogP contribution in [0.25, 0.3) is 0 Å². The van der Waals surface area contributed by atoms with E-state index < -0.39 is 11.9 Å². The molecule has 3 N–H and O–H groups in total. The first-order valence-electron chi connectivity index (χ1n) is 9.65. The minimum atomic E-state index is -0.541. The van der Waals surface area contributed by atoms with E-state index in [1.807, 2.05) is 19.1 Å². The van der Waals surface area contributed by atoms with Crippen LogP contribution in [0.1, 0.15) is 12.5 Å². The Morgan fingerprint density at radius 2 is 1.67 bits per heavy atom. The molecule has 7 nitrogen and oxygen atoms in total. The second kappa shape index (κ2) is 10.5. The highest BCUT2D eigenvalue weighted by atomic mass is 19.1. The van der Waals surface area contributed by atoms with Crippen LogP contribution in [0.15, 0.2) is 48.5 Å². The number of rotatable bonds is 8. The summed E-state index contributed by atoms with van der Waals surface area (Å²) < 4.78 is 13.2. The van der Waals surface area contributed by atoms with E-state index in [1.165, 1.54) is 23.1 Å². The van der Waals surface area contributed by atoms with Crippen molar-refractivity contribution in [3.63, 3.8) is 0 Å². The standard InChI is InChI=1S/C22H27FN4O3/c1-15-8-10-18(11-9-15)24-21(29)14-27(4)22(30)16(2)26(3)13-20(28)25-19-7-5-6-17(23)12-19/h5-12,16H,13-14H2,1-4H3,(H,24,29)(H,25,28)/p+1/t16-/m0/s1. The largest absolute Gasteiger partial charge is 0.331 e. The number of hydrogen-bond donors (Lipinski definition) is 3. The van der Waals surface area contributed by atoms with E-state index in [2.05, 4.69) is 10.6 Å². The quantitative estimate of drug-likeness (QED) is 0.603. The number of anilines is 2. The Balaban J connectivity index is 1.84. The SMILES string of the molecule is Cc1ccc(NC(=O)CN(C)C(=O)[C@H](C)[NH+](C)CC(=O)Nc2cccc(F)c2)cc1. The molecule has 0 saturated heterocycles. The van der Waals surface area contributed by atoms with E-state index in [-0.39, 0.29) is 30.8 Å². The molecule has 0 heterocycles. The van der Waals surface area contributed by atoms with Gasteiger partial charge in [-0.05, 0) is 44.2 Å². The Labute approximate surface area is 175 Å². The van der Waals surface area contributed by atoms with Gasteiger partial charge in [0.25, 0.3) is 11.8 Å². The highest BCUT2D eigenvalue weighted by Crippen LogP contribution is 2.09. The normalized spacial score (nSPS) is 12.6. The van der Waals surface area contributed by atoms with Gasteiger partial charge in [0, 0.05) is 18.4 Å². The van der Waals surface area contributed by atoms with E-state index in [1.54, 1.807) is 39.2 Å². The van der Waals surface area contributed by atoms with Gasteiger partial charge in [-0.1, -0.05) is 23.8 Å². The number of nitrogens with one attached hydrogen (secondary N) is 3. The van der Waals surface area contributed by atoms with Crippen LogP contribution in [0.4, 0.5) is 15.8 Å². The molecule has 8 heteroatoms. The van der Waals surface area contributed by atoms with Gasteiger partial charge >= 0.3 is 0 Å². The molecule has 2 aromatic rings. The van der Waals surface area contributed by atoms with Crippen LogP contribution in [0, 0.1) is 12.7 Å². The molecule has 0 spiro atoms. The molecule has 0 radical (unpaired) electrons. The molecular formula is C22H28FN4O3+. The zero-order valence-corrected chi connectivity index (χ0v) is 17.7. The van der Waals surface area contributed by atoms with Gasteiger partial charge in [-0.2, -0.15) is 0 Å². The molecule has 3 amide bonds. The minimum absolute atomic E-state index is 0.0207. The van der Waals surface area contributed by atoms with Crippen LogP contribution in [-0.2, 0) is 14.4 Å². The van der Waals surface area contributed by atoms with Crippen molar-refractivity contribution in [2.45, 2.75) is 19.9 Å². The van der Waals surface area contributed by atoms with Gasteiger partial charge in [0.2, 0.25) is 5.91 Å². The number of amides is 3. The first kappa shape index (κ1) is 23.0. The number of hydrogen-bond acceptors (Lipinski definition) is 3. The molecule has 0 aliphatic carbocycles. The third kappa shape index (κ3) is 6.97. The maximum Gasteiger partial charge on any atom is 0.280 e. The summed E-state index contributed by atoms with van der Waals surface area (Å²) in [6, 6.07) is 12.4. The van der Waals surface area contributed by atoms with Gasteiger partial charge in [-0.25, -0.2) is 4.39 Å². The smallest absolute Gasteiger partial charge is 0.280 e. The van der Waals surface area contributed by atoms with Gasteiger partial charge in [0.15, 0.2) is 12.6 Å². The number of carbonyl (C=O) groups excluding carboxylic acids is 3. The molecule has 0 aromatic heterocycles. The maximum atomic E-state index is 13.2. The molecule has 160 valence electrons.